The van der Waals surface area contributed by atoms with Gasteiger partial charge in [-0.2, -0.15) is 0 Å². The van der Waals surface area contributed by atoms with Gasteiger partial charge in [0.25, 0.3) is 0 Å². The number of aromatic nitrogens is 3. The van der Waals surface area contributed by atoms with E-state index in [1.54, 1.807) is 0 Å². The van der Waals surface area contributed by atoms with Crippen molar-refractivity contribution in [1.82, 2.24) is 18.9 Å². The van der Waals surface area contributed by atoms with Gasteiger partial charge in [0.1, 0.15) is 11.3 Å². The van der Waals surface area contributed by atoms with E-state index in [1.807, 2.05) is 0 Å². The largest absolute Gasteiger partial charge is 0.370 e. The van der Waals surface area contributed by atoms with Crippen LogP contribution in [0, 0.1) is 12.8 Å². The molecule has 0 spiro atoms. The maximum absolute atomic E-state index is 6.20. The van der Waals surface area contributed by atoms with Crippen molar-refractivity contribution in [2.45, 2.75) is 45.2 Å². The van der Waals surface area contributed by atoms with Gasteiger partial charge >= 0.3 is 0 Å². The van der Waals surface area contributed by atoms with Gasteiger partial charge in [0, 0.05) is 59.7 Å². The standard InChI is InChI=1S/C27H31N5/c1-18(30-12-5-7-23(28)17-30)21-11-13-31-19(2)27(29-26(31)15-21)25-14-22-6-3-4-8-24(22)32(25)16-20-9-10-20/h3-4,6,8,11,13-15,20,23H,1,5,7,9-10,12,16-17,28H2,2H3. The molecule has 2 aliphatic rings. The Morgan fingerprint density at radius 2 is 2.00 bits per heavy atom. The Morgan fingerprint density at radius 1 is 1.16 bits per heavy atom. The van der Waals surface area contributed by atoms with Gasteiger partial charge in [-0.15, -0.1) is 0 Å². The lowest BCUT2D eigenvalue weighted by Gasteiger charge is -2.34. The van der Waals surface area contributed by atoms with Crippen molar-refractivity contribution in [3.05, 3.63) is 66.5 Å². The molecule has 0 bridgehead atoms. The van der Waals surface area contributed by atoms with Crippen LogP contribution in [0.25, 0.3) is 33.6 Å². The fraction of sp³-hybridized carbons (Fsp3) is 0.370. The molecule has 32 heavy (non-hydrogen) atoms. The zero-order valence-electron chi connectivity index (χ0n) is 18.8. The molecular formula is C27H31N5. The average molecular weight is 426 g/mol. The zero-order chi connectivity index (χ0) is 21.8. The molecule has 1 aliphatic heterocycles. The Bertz CT molecular complexity index is 1320. The van der Waals surface area contributed by atoms with E-state index < -0.39 is 0 Å². The van der Waals surface area contributed by atoms with Crippen LogP contribution in [0.1, 0.15) is 36.9 Å². The molecule has 2 fully saturated rings. The van der Waals surface area contributed by atoms with Crippen LogP contribution in [-0.2, 0) is 6.54 Å². The van der Waals surface area contributed by atoms with E-state index in [0.717, 1.165) is 61.0 Å². The summed E-state index contributed by atoms with van der Waals surface area (Å²) in [5, 5.41) is 1.29. The number of likely N-dealkylation sites (tertiary alicyclic amines) is 1. The highest BCUT2D eigenvalue weighted by Gasteiger charge is 2.25. The number of aryl methyl sites for hydroxylation is 1. The Labute approximate surface area is 189 Å². The Morgan fingerprint density at radius 3 is 2.81 bits per heavy atom. The highest BCUT2D eigenvalue weighted by Crippen LogP contribution is 2.37. The third kappa shape index (κ3) is 3.32. The third-order valence-corrected chi connectivity index (χ3v) is 7.23. The van der Waals surface area contributed by atoms with Gasteiger partial charge in [-0.1, -0.05) is 24.8 Å². The summed E-state index contributed by atoms with van der Waals surface area (Å²) in [6.45, 7) is 9.54. The molecule has 0 radical (unpaired) electrons. The summed E-state index contributed by atoms with van der Waals surface area (Å²) in [7, 11) is 0. The fourth-order valence-corrected chi connectivity index (χ4v) is 5.19. The first kappa shape index (κ1) is 19.6. The summed E-state index contributed by atoms with van der Waals surface area (Å²) in [4.78, 5) is 7.45. The molecule has 1 saturated heterocycles. The van der Waals surface area contributed by atoms with Gasteiger partial charge in [-0.05, 0) is 62.8 Å². The van der Waals surface area contributed by atoms with E-state index >= 15 is 0 Å². The Kier molecular flexibility index (Phi) is 4.61. The summed E-state index contributed by atoms with van der Waals surface area (Å²) in [5.41, 5.74) is 14.1. The predicted octanol–water partition coefficient (Wildman–Crippen LogP) is 5.07. The highest BCUT2D eigenvalue weighted by atomic mass is 15.2. The summed E-state index contributed by atoms with van der Waals surface area (Å²) >= 11 is 0. The molecular weight excluding hydrogens is 394 g/mol. The molecule has 3 aromatic heterocycles. The molecule has 4 heterocycles. The second-order valence-corrected chi connectivity index (χ2v) is 9.63. The lowest BCUT2D eigenvalue weighted by molar-refractivity contribution is 0.296. The lowest BCUT2D eigenvalue weighted by atomic mass is 10.0. The van der Waals surface area contributed by atoms with Crippen LogP contribution >= 0.6 is 0 Å². The first-order chi connectivity index (χ1) is 15.6. The molecule has 1 saturated carbocycles. The Hall–Kier alpha value is -3.05. The number of hydrogen-bond acceptors (Lipinski definition) is 3. The number of imidazole rings is 1. The van der Waals surface area contributed by atoms with E-state index in [9.17, 15) is 0 Å². The number of pyridine rings is 1. The third-order valence-electron chi connectivity index (χ3n) is 7.23. The molecule has 0 amide bonds. The van der Waals surface area contributed by atoms with Crippen molar-refractivity contribution in [3.8, 4) is 11.4 Å². The summed E-state index contributed by atoms with van der Waals surface area (Å²) in [6.07, 6.45) is 7.03. The smallest absolute Gasteiger partial charge is 0.138 e. The molecule has 2 N–H and O–H groups in total. The van der Waals surface area contributed by atoms with E-state index in [0.29, 0.717) is 0 Å². The molecule has 1 unspecified atom stereocenters. The van der Waals surface area contributed by atoms with Crippen LogP contribution in [-0.4, -0.2) is 38.0 Å². The van der Waals surface area contributed by atoms with Gasteiger partial charge in [0.2, 0.25) is 0 Å². The van der Waals surface area contributed by atoms with E-state index in [-0.39, 0.29) is 6.04 Å². The average Bonchev–Trinajstić information content (AvgIpc) is 3.48. The minimum Gasteiger partial charge on any atom is -0.370 e. The van der Waals surface area contributed by atoms with Gasteiger partial charge in [-0.3, -0.25) is 0 Å². The van der Waals surface area contributed by atoms with Crippen LogP contribution in [0.2, 0.25) is 0 Å². The van der Waals surface area contributed by atoms with Crippen molar-refractivity contribution in [2.75, 3.05) is 13.1 Å². The zero-order valence-corrected chi connectivity index (χ0v) is 18.8. The second kappa shape index (κ2) is 7.52. The van der Waals surface area contributed by atoms with E-state index in [4.69, 9.17) is 10.7 Å². The number of rotatable bonds is 5. The maximum Gasteiger partial charge on any atom is 0.138 e. The van der Waals surface area contributed by atoms with Gasteiger partial charge in [-0.25, -0.2) is 4.98 Å². The molecule has 4 aromatic rings. The van der Waals surface area contributed by atoms with E-state index in [1.165, 1.54) is 35.1 Å². The minimum absolute atomic E-state index is 0.234. The van der Waals surface area contributed by atoms with Crippen molar-refractivity contribution in [2.24, 2.45) is 11.7 Å². The molecule has 1 atom stereocenters. The summed E-state index contributed by atoms with van der Waals surface area (Å²) in [5.74, 6) is 0.799. The maximum atomic E-state index is 6.20. The molecule has 5 nitrogen and oxygen atoms in total. The number of piperidine rings is 1. The SMILES string of the molecule is C=C(c1ccn2c(C)c(-c3cc4ccccc4n3CC3CC3)nc2c1)N1CCCC(N)C1. The monoisotopic (exact) mass is 425 g/mol. The van der Waals surface area contributed by atoms with Gasteiger partial charge < -0.3 is 19.6 Å². The first-order valence-corrected chi connectivity index (χ1v) is 11.9. The number of hydrogen-bond donors (Lipinski definition) is 1. The topological polar surface area (TPSA) is 51.5 Å². The van der Waals surface area contributed by atoms with Crippen molar-refractivity contribution >= 4 is 22.2 Å². The highest BCUT2D eigenvalue weighted by molar-refractivity contribution is 5.87. The van der Waals surface area contributed by atoms with Crippen molar-refractivity contribution < 1.29 is 0 Å². The van der Waals surface area contributed by atoms with Crippen LogP contribution in [0.15, 0.2) is 55.2 Å². The normalized spacial score (nSPS) is 19.2. The van der Waals surface area contributed by atoms with Gasteiger partial charge in [0.05, 0.1) is 5.69 Å². The van der Waals surface area contributed by atoms with Gasteiger partial charge in [0.15, 0.2) is 0 Å². The predicted molar refractivity (Wildman–Crippen MR) is 131 cm³/mol. The molecule has 1 aromatic carbocycles. The van der Waals surface area contributed by atoms with Crippen LogP contribution < -0.4 is 5.73 Å². The molecule has 164 valence electrons. The van der Waals surface area contributed by atoms with Crippen molar-refractivity contribution in [1.29, 1.82) is 0 Å². The molecule has 5 heteroatoms. The fourth-order valence-electron chi connectivity index (χ4n) is 5.19. The number of benzene rings is 1. The molecule has 6 rings (SSSR count). The first-order valence-electron chi connectivity index (χ1n) is 11.9. The number of para-hydroxylation sites is 1. The van der Waals surface area contributed by atoms with Crippen LogP contribution in [0.5, 0.6) is 0 Å². The lowest BCUT2D eigenvalue weighted by Crippen LogP contribution is -2.41. The summed E-state index contributed by atoms with van der Waals surface area (Å²) in [6, 6.07) is 15.6. The Balaban J connectivity index is 1.42. The second-order valence-electron chi connectivity index (χ2n) is 9.63. The van der Waals surface area contributed by atoms with Crippen LogP contribution in [0.3, 0.4) is 0 Å². The number of nitrogens with two attached hydrogens (primary N) is 1. The summed E-state index contributed by atoms with van der Waals surface area (Å²) < 4.78 is 4.68. The number of fused-ring (bicyclic) bond motifs is 2. The quantitative estimate of drug-likeness (QED) is 0.486. The van der Waals surface area contributed by atoms with E-state index in [2.05, 4.69) is 76.0 Å². The van der Waals surface area contributed by atoms with Crippen LogP contribution in [0.4, 0.5) is 0 Å². The van der Waals surface area contributed by atoms with Crippen molar-refractivity contribution in [3.63, 3.8) is 0 Å². The number of nitrogens with zero attached hydrogens (tertiary/aromatic N) is 4. The minimum atomic E-state index is 0.234. The molecule has 1 aliphatic carbocycles.